The predicted octanol–water partition coefficient (Wildman–Crippen LogP) is 1.78. The van der Waals surface area contributed by atoms with Crippen LogP contribution in [0, 0.1) is 13.8 Å². The largest absolute Gasteiger partial charge is 0.336 e. The molecule has 1 atom stereocenters. The number of hydrogen-bond acceptors (Lipinski definition) is 3. The van der Waals surface area contributed by atoms with Gasteiger partial charge in [-0.25, -0.2) is 4.98 Å². The van der Waals surface area contributed by atoms with E-state index in [1.54, 1.807) is 6.33 Å². The number of hydrogen-bond donors (Lipinski definition) is 2. The van der Waals surface area contributed by atoms with E-state index in [-0.39, 0.29) is 6.04 Å². The van der Waals surface area contributed by atoms with Gasteiger partial charge in [-0.2, -0.15) is 0 Å². The normalized spacial score (nSPS) is 12.7. The molecule has 1 unspecified atom stereocenters. The van der Waals surface area contributed by atoms with Gasteiger partial charge in [-0.15, -0.1) is 0 Å². The molecule has 0 aliphatic rings. The van der Waals surface area contributed by atoms with Gasteiger partial charge in [0.05, 0.1) is 18.1 Å². The highest BCUT2D eigenvalue weighted by atomic mass is 15.2. The molecular weight excluding hydrogens is 224 g/mol. The van der Waals surface area contributed by atoms with Crippen molar-refractivity contribution in [1.29, 1.82) is 0 Å². The highest BCUT2D eigenvalue weighted by Gasteiger charge is 2.16. The number of nitrogens with two attached hydrogens (primary N) is 1. The van der Waals surface area contributed by atoms with Crippen LogP contribution in [0.4, 0.5) is 0 Å². The zero-order chi connectivity index (χ0) is 13.1. The van der Waals surface area contributed by atoms with Gasteiger partial charge in [0.2, 0.25) is 0 Å². The molecule has 4 nitrogen and oxygen atoms in total. The fraction of sp³-hybridized carbons (Fsp3) is 0.357. The second kappa shape index (κ2) is 5.33. The third-order valence-corrected chi connectivity index (χ3v) is 3.46. The molecule has 4 heteroatoms. The maximum Gasteiger partial charge on any atom is 0.0946 e. The second-order valence-corrected chi connectivity index (χ2v) is 4.72. The number of hydrazine groups is 1. The van der Waals surface area contributed by atoms with Crippen LogP contribution < -0.4 is 11.3 Å². The summed E-state index contributed by atoms with van der Waals surface area (Å²) < 4.78 is 2.00. The quantitative estimate of drug-likeness (QED) is 0.637. The molecule has 1 aromatic heterocycles. The number of imidazole rings is 1. The Morgan fingerprint density at radius 2 is 2.00 bits per heavy atom. The van der Waals surface area contributed by atoms with Crippen LogP contribution in [0.3, 0.4) is 0 Å². The lowest BCUT2D eigenvalue weighted by molar-refractivity contribution is 0.520. The van der Waals surface area contributed by atoms with Gasteiger partial charge in [0.25, 0.3) is 0 Å². The van der Waals surface area contributed by atoms with E-state index in [1.807, 2.05) is 17.8 Å². The topological polar surface area (TPSA) is 55.9 Å². The molecule has 0 amide bonds. The van der Waals surface area contributed by atoms with Crippen molar-refractivity contribution in [2.75, 3.05) is 0 Å². The lowest BCUT2D eigenvalue weighted by atomic mass is 9.95. The first-order valence-electron chi connectivity index (χ1n) is 6.11. The second-order valence-electron chi connectivity index (χ2n) is 4.72. The minimum atomic E-state index is 0.0808. The molecule has 0 fully saturated rings. The standard InChI is InChI=1S/C14H20N4/c1-10-5-4-6-11(2)12(10)7-13(17-15)14-8-16-9-18(14)3/h4-6,8-9,13,17H,7,15H2,1-3H3. The number of nitrogens with zero attached hydrogens (tertiary/aromatic N) is 2. The summed E-state index contributed by atoms with van der Waals surface area (Å²) in [5.74, 6) is 5.69. The van der Waals surface area contributed by atoms with Crippen LogP contribution in [-0.2, 0) is 13.5 Å². The molecule has 0 spiro atoms. The number of aryl methyl sites for hydroxylation is 3. The van der Waals surface area contributed by atoms with E-state index in [0.29, 0.717) is 0 Å². The van der Waals surface area contributed by atoms with Gasteiger partial charge in [-0.05, 0) is 37.0 Å². The first-order chi connectivity index (χ1) is 8.63. The van der Waals surface area contributed by atoms with Crippen LogP contribution in [0.1, 0.15) is 28.4 Å². The Balaban J connectivity index is 2.29. The number of aromatic nitrogens is 2. The molecule has 2 aromatic rings. The molecule has 0 saturated carbocycles. The molecule has 3 N–H and O–H groups in total. The Kier molecular flexibility index (Phi) is 3.79. The first kappa shape index (κ1) is 12.8. The Morgan fingerprint density at radius 1 is 1.33 bits per heavy atom. The molecule has 0 saturated heterocycles. The SMILES string of the molecule is Cc1cccc(C)c1CC(NN)c1cncn1C. The lowest BCUT2D eigenvalue weighted by Crippen LogP contribution is -2.31. The van der Waals surface area contributed by atoms with E-state index in [4.69, 9.17) is 5.84 Å². The van der Waals surface area contributed by atoms with Crippen molar-refractivity contribution < 1.29 is 0 Å². The smallest absolute Gasteiger partial charge is 0.0946 e. The van der Waals surface area contributed by atoms with E-state index in [1.165, 1.54) is 16.7 Å². The van der Waals surface area contributed by atoms with Crippen molar-refractivity contribution in [3.05, 3.63) is 53.1 Å². The van der Waals surface area contributed by atoms with Crippen molar-refractivity contribution in [2.45, 2.75) is 26.3 Å². The zero-order valence-corrected chi connectivity index (χ0v) is 11.1. The van der Waals surface area contributed by atoms with E-state index < -0.39 is 0 Å². The number of nitrogens with one attached hydrogen (secondary N) is 1. The molecule has 1 heterocycles. The average molecular weight is 244 g/mol. The summed E-state index contributed by atoms with van der Waals surface area (Å²) in [6.07, 6.45) is 4.52. The average Bonchev–Trinajstić information content (AvgIpc) is 2.76. The zero-order valence-electron chi connectivity index (χ0n) is 11.1. The van der Waals surface area contributed by atoms with Crippen molar-refractivity contribution in [2.24, 2.45) is 12.9 Å². The molecule has 1 aromatic carbocycles. The van der Waals surface area contributed by atoms with Crippen LogP contribution in [0.25, 0.3) is 0 Å². The van der Waals surface area contributed by atoms with E-state index in [0.717, 1.165) is 12.1 Å². The van der Waals surface area contributed by atoms with Gasteiger partial charge in [0, 0.05) is 13.2 Å². The summed E-state index contributed by atoms with van der Waals surface area (Å²) in [5.41, 5.74) is 7.94. The van der Waals surface area contributed by atoms with E-state index in [2.05, 4.69) is 42.5 Å². The molecule has 18 heavy (non-hydrogen) atoms. The molecule has 96 valence electrons. The predicted molar refractivity (Wildman–Crippen MR) is 72.9 cm³/mol. The molecular formula is C14H20N4. The fourth-order valence-corrected chi connectivity index (χ4v) is 2.33. The highest BCUT2D eigenvalue weighted by molar-refractivity contribution is 5.34. The van der Waals surface area contributed by atoms with Gasteiger partial charge in [-0.3, -0.25) is 11.3 Å². The van der Waals surface area contributed by atoms with Crippen molar-refractivity contribution in [3.8, 4) is 0 Å². The third-order valence-electron chi connectivity index (χ3n) is 3.46. The van der Waals surface area contributed by atoms with Gasteiger partial charge >= 0.3 is 0 Å². The minimum Gasteiger partial charge on any atom is -0.336 e. The summed E-state index contributed by atoms with van der Waals surface area (Å²) in [4.78, 5) is 4.14. The number of rotatable bonds is 4. The number of benzene rings is 1. The van der Waals surface area contributed by atoms with Crippen LogP contribution >= 0.6 is 0 Å². The maximum atomic E-state index is 5.69. The summed E-state index contributed by atoms with van der Waals surface area (Å²) in [6, 6.07) is 6.44. The van der Waals surface area contributed by atoms with Crippen LogP contribution in [0.2, 0.25) is 0 Å². The molecule has 0 bridgehead atoms. The van der Waals surface area contributed by atoms with Gasteiger partial charge in [-0.1, -0.05) is 18.2 Å². The monoisotopic (exact) mass is 244 g/mol. The molecule has 0 aliphatic carbocycles. The molecule has 0 aliphatic heterocycles. The Labute approximate surface area is 108 Å². The van der Waals surface area contributed by atoms with E-state index in [9.17, 15) is 0 Å². The van der Waals surface area contributed by atoms with E-state index >= 15 is 0 Å². The fourth-order valence-electron chi connectivity index (χ4n) is 2.33. The van der Waals surface area contributed by atoms with Gasteiger partial charge < -0.3 is 4.57 Å². The lowest BCUT2D eigenvalue weighted by Gasteiger charge is -2.19. The summed E-state index contributed by atoms with van der Waals surface area (Å²) in [5, 5.41) is 0. The van der Waals surface area contributed by atoms with Crippen LogP contribution in [0.15, 0.2) is 30.7 Å². The molecule has 0 radical (unpaired) electrons. The van der Waals surface area contributed by atoms with Crippen LogP contribution in [0.5, 0.6) is 0 Å². The third kappa shape index (κ3) is 2.44. The van der Waals surface area contributed by atoms with Gasteiger partial charge in [0.15, 0.2) is 0 Å². The van der Waals surface area contributed by atoms with Crippen molar-refractivity contribution in [3.63, 3.8) is 0 Å². The highest BCUT2D eigenvalue weighted by Crippen LogP contribution is 2.21. The van der Waals surface area contributed by atoms with Crippen LogP contribution in [-0.4, -0.2) is 9.55 Å². The van der Waals surface area contributed by atoms with Crippen molar-refractivity contribution >= 4 is 0 Å². The summed E-state index contributed by atoms with van der Waals surface area (Å²) >= 11 is 0. The summed E-state index contributed by atoms with van der Waals surface area (Å²) in [7, 11) is 1.98. The Morgan fingerprint density at radius 3 is 2.50 bits per heavy atom. The molecule has 2 rings (SSSR count). The Bertz CT molecular complexity index is 510. The minimum absolute atomic E-state index is 0.0808. The maximum absolute atomic E-state index is 5.69. The Hall–Kier alpha value is -1.65. The van der Waals surface area contributed by atoms with Crippen molar-refractivity contribution in [1.82, 2.24) is 15.0 Å². The first-order valence-corrected chi connectivity index (χ1v) is 6.11. The van der Waals surface area contributed by atoms with Gasteiger partial charge in [0.1, 0.15) is 0 Å². The summed E-state index contributed by atoms with van der Waals surface area (Å²) in [6.45, 7) is 4.28.